The highest BCUT2D eigenvalue weighted by Crippen LogP contribution is 2.48. The molecule has 13 aromatic carbocycles. The van der Waals surface area contributed by atoms with Gasteiger partial charge in [-0.1, -0.05) is 182 Å². The Labute approximate surface area is 491 Å². The molecule has 0 N–H and O–H groups in total. The summed E-state index contributed by atoms with van der Waals surface area (Å²) in [4.78, 5) is 4.95. The van der Waals surface area contributed by atoms with Crippen molar-refractivity contribution < 1.29 is 4.42 Å². The van der Waals surface area contributed by atoms with E-state index in [1.807, 2.05) is 34.0 Å². The summed E-state index contributed by atoms with van der Waals surface area (Å²) in [5.41, 5.74) is 10.9. The highest BCUT2D eigenvalue weighted by molar-refractivity contribution is 7.28. The number of anilines is 6. The Morgan fingerprint density at radius 2 is 0.892 bits per heavy atom. The number of furan rings is 1. The van der Waals surface area contributed by atoms with E-state index in [0.29, 0.717) is 0 Å². The van der Waals surface area contributed by atoms with Crippen molar-refractivity contribution in [3.05, 3.63) is 279 Å². The lowest BCUT2D eigenvalue weighted by atomic mass is 9.98. The minimum atomic E-state index is -3.25. The number of hydrogen-bond donors (Lipinski definition) is 0. The first-order valence-corrected chi connectivity index (χ1v) is 32.6. The molecule has 5 heterocycles. The fraction of sp³-hybridized carbons (Fsp3) is 0. The second kappa shape index (κ2) is 18.2. The fourth-order valence-corrected chi connectivity index (χ4v) is 22.7. The van der Waals surface area contributed by atoms with Gasteiger partial charge in [0.1, 0.15) is 11.2 Å². The minimum Gasteiger partial charge on any atom is -0.456 e. The Morgan fingerprint density at radius 3 is 1.63 bits per heavy atom. The average Bonchev–Trinajstić information content (AvgIpc) is 2.47. The Morgan fingerprint density at radius 1 is 0.337 bits per heavy atom. The number of benzene rings is 13. The first-order chi connectivity index (χ1) is 41.1. The first kappa shape index (κ1) is 47.1. The van der Waals surface area contributed by atoms with Crippen LogP contribution in [-0.4, -0.2) is 8.07 Å². The lowest BCUT2D eigenvalue weighted by molar-refractivity contribution is 0.669. The molecule has 0 spiro atoms. The molecule has 83 heavy (non-hydrogen) atoms. The van der Waals surface area contributed by atoms with Crippen molar-refractivity contribution in [2.24, 2.45) is 0 Å². The van der Waals surface area contributed by atoms with Gasteiger partial charge in [-0.2, -0.15) is 0 Å². The van der Waals surface area contributed by atoms with Crippen molar-refractivity contribution in [1.82, 2.24) is 0 Å². The van der Waals surface area contributed by atoms with Crippen molar-refractivity contribution in [2.75, 3.05) is 9.80 Å². The third kappa shape index (κ3) is 7.00. The molecule has 18 rings (SSSR count). The summed E-state index contributed by atoms with van der Waals surface area (Å²) in [6.45, 7) is 0. The molecule has 0 atom stereocenters. The number of rotatable bonds is 7. The van der Waals surface area contributed by atoms with E-state index in [4.69, 9.17) is 4.42 Å². The molecule has 388 valence electrons. The average molecular weight is 1130 g/mol. The molecule has 0 bridgehead atoms. The van der Waals surface area contributed by atoms with Crippen molar-refractivity contribution >= 4 is 190 Å². The van der Waals surface area contributed by atoms with Crippen LogP contribution in [0.3, 0.4) is 0 Å². The van der Waals surface area contributed by atoms with Crippen LogP contribution in [0, 0.1) is 0 Å². The summed E-state index contributed by atoms with van der Waals surface area (Å²) in [7, 11) is -3.25. The summed E-state index contributed by atoms with van der Waals surface area (Å²) < 4.78 is 15.2. The maximum absolute atomic E-state index is 7.43. The van der Waals surface area contributed by atoms with Gasteiger partial charge in [-0.15, -0.1) is 34.0 Å². The number of para-hydroxylation sites is 2. The minimum absolute atomic E-state index is 0.843. The maximum Gasteiger partial charge on any atom is 0.184 e. The Kier molecular flexibility index (Phi) is 10.3. The quantitative estimate of drug-likeness (QED) is 0.148. The van der Waals surface area contributed by atoms with Crippen LogP contribution in [0.2, 0.25) is 0 Å². The first-order valence-electron chi connectivity index (χ1n) is 28.2. The van der Waals surface area contributed by atoms with E-state index >= 15 is 0 Å². The molecular weight excluding hydrogens is 1080 g/mol. The van der Waals surface area contributed by atoms with Crippen LogP contribution in [0.25, 0.3) is 104 Å². The molecule has 3 nitrogen and oxygen atoms in total. The monoisotopic (exact) mass is 1130 g/mol. The normalized spacial score (nSPS) is 13.1. The van der Waals surface area contributed by atoms with E-state index in [0.717, 1.165) is 44.7 Å². The summed E-state index contributed by atoms with van der Waals surface area (Å²) in [6.07, 6.45) is 0. The molecule has 0 fully saturated rings. The highest BCUT2D eigenvalue weighted by Gasteiger charge is 2.50. The fourth-order valence-electron chi connectivity index (χ4n) is 13.8. The molecule has 0 saturated carbocycles. The summed E-state index contributed by atoms with van der Waals surface area (Å²) in [5, 5.41) is 17.8. The summed E-state index contributed by atoms with van der Waals surface area (Å²) in [6, 6.07) is 105. The molecule has 0 radical (unpaired) electrons. The third-order valence-electron chi connectivity index (χ3n) is 17.5. The van der Waals surface area contributed by atoms with Crippen LogP contribution in [-0.2, 0) is 0 Å². The molecule has 7 heteroatoms. The Bertz CT molecular complexity index is 5380. The second-order valence-corrected chi connectivity index (χ2v) is 28.8. The van der Waals surface area contributed by atoms with Crippen LogP contribution in [0.1, 0.15) is 0 Å². The van der Waals surface area contributed by atoms with Crippen LogP contribution in [0.4, 0.5) is 34.1 Å². The van der Waals surface area contributed by atoms with Crippen LogP contribution in [0.5, 0.6) is 0 Å². The van der Waals surface area contributed by atoms with Crippen LogP contribution >= 0.6 is 34.0 Å². The van der Waals surface area contributed by atoms with Crippen LogP contribution in [0.15, 0.2) is 283 Å². The number of thiophene rings is 3. The Balaban J connectivity index is 0.889. The third-order valence-corrected chi connectivity index (χ3v) is 25.8. The SMILES string of the molecule is c1ccc(N2c3ccccc3[Si](c3ccc4c(c3)sc3ccccc34)(c3ccc4c(c3)sc3ccccc34)c3cc4oc5cc(N(c6ccc(-c7cccc8ccccc78)cc6)c6cccc7c6sc6ccccc67)ccc5c4cc32)cc1. The second-order valence-electron chi connectivity index (χ2n) is 21.9. The van der Waals surface area contributed by atoms with Gasteiger partial charge in [0.05, 0.1) is 10.4 Å². The smallest absolute Gasteiger partial charge is 0.184 e. The molecule has 17 aromatic rings. The number of fused-ring (bicyclic) bond motifs is 15. The van der Waals surface area contributed by atoms with E-state index in [1.165, 1.54) is 115 Å². The van der Waals surface area contributed by atoms with E-state index in [1.54, 1.807) is 0 Å². The van der Waals surface area contributed by atoms with Crippen molar-refractivity contribution in [3.8, 4) is 11.1 Å². The van der Waals surface area contributed by atoms with Gasteiger partial charge in [-0.3, -0.25) is 0 Å². The molecule has 4 aromatic heterocycles. The largest absolute Gasteiger partial charge is 0.456 e. The highest BCUT2D eigenvalue weighted by atomic mass is 32.1. The van der Waals surface area contributed by atoms with E-state index in [2.05, 4.69) is 289 Å². The van der Waals surface area contributed by atoms with Gasteiger partial charge in [0.15, 0.2) is 8.07 Å². The zero-order chi connectivity index (χ0) is 54.3. The lowest BCUT2D eigenvalue weighted by Gasteiger charge is -2.45. The zero-order valence-corrected chi connectivity index (χ0v) is 48.0. The summed E-state index contributed by atoms with van der Waals surface area (Å²) in [5.74, 6) is 0. The van der Waals surface area contributed by atoms with Gasteiger partial charge in [-0.05, 0) is 134 Å². The molecule has 0 saturated heterocycles. The van der Waals surface area contributed by atoms with Gasteiger partial charge in [-0.25, -0.2) is 0 Å². The predicted molar refractivity (Wildman–Crippen MR) is 362 cm³/mol. The van der Waals surface area contributed by atoms with E-state index in [-0.39, 0.29) is 0 Å². The van der Waals surface area contributed by atoms with Crippen molar-refractivity contribution in [2.45, 2.75) is 0 Å². The molecule has 1 aliphatic rings. The number of hydrogen-bond acceptors (Lipinski definition) is 6. The molecule has 0 amide bonds. The molecule has 1 aliphatic heterocycles. The van der Waals surface area contributed by atoms with Crippen molar-refractivity contribution in [3.63, 3.8) is 0 Å². The number of nitrogens with zero attached hydrogens (tertiary/aromatic N) is 2. The lowest BCUT2D eigenvalue weighted by Crippen LogP contribution is -2.77. The van der Waals surface area contributed by atoms with Gasteiger partial charge in [0.25, 0.3) is 0 Å². The van der Waals surface area contributed by atoms with E-state index < -0.39 is 8.07 Å². The van der Waals surface area contributed by atoms with Crippen molar-refractivity contribution in [1.29, 1.82) is 0 Å². The summed E-state index contributed by atoms with van der Waals surface area (Å²) >= 11 is 5.65. The zero-order valence-electron chi connectivity index (χ0n) is 44.6. The van der Waals surface area contributed by atoms with Gasteiger partial charge in [0.2, 0.25) is 0 Å². The molecular formula is C76H46N2OS3Si. The predicted octanol–water partition coefficient (Wildman–Crippen LogP) is 20.1. The van der Waals surface area contributed by atoms with Gasteiger partial charge >= 0.3 is 0 Å². The van der Waals surface area contributed by atoms with Crippen LogP contribution < -0.4 is 30.5 Å². The Hall–Kier alpha value is -9.60. The molecule has 0 unspecified atom stereocenters. The van der Waals surface area contributed by atoms with E-state index in [9.17, 15) is 0 Å². The standard InChI is InChI=1S/C76H46N2OS3Si/c1-2-18-49(19-3-1)78-64-26-9-13-31-74(64)83(52-37-40-60-57-21-6-10-28-69(57)80-72(60)43-52,53-38-41-61-58-22-7-11-29-70(58)81-73(61)44-53)75-46-68-63(45-66(75)78)56-39-36-51(42-67(56)79-68)77(65-27-15-25-62-59-23-8-12-30-71(59)82-76(62)65)50-34-32-48(33-35-50)55-24-14-17-47-16-4-5-20-54(47)55/h1-46H. The topological polar surface area (TPSA) is 19.6 Å². The molecule has 0 aliphatic carbocycles. The van der Waals surface area contributed by atoms with Gasteiger partial charge in [0, 0.05) is 101 Å². The maximum atomic E-state index is 7.43. The van der Waals surface area contributed by atoms with Gasteiger partial charge < -0.3 is 14.2 Å².